The van der Waals surface area contributed by atoms with Crippen LogP contribution in [-0.2, 0) is 0 Å². The molecule has 0 saturated carbocycles. The fraction of sp³-hybridized carbons (Fsp3) is 1.00. The maximum absolute atomic E-state index is 7.00. The average molecular weight is 127 g/mol. The molecule has 30 valence electrons. The predicted octanol–water partition coefficient (Wildman–Crippen LogP) is 0.607. The first-order valence-corrected chi connectivity index (χ1v) is 5.26. The second kappa shape index (κ2) is 18.5. The minimum Gasteiger partial charge on any atom is -0.400 e. The Balaban J connectivity index is 0. The maximum atomic E-state index is 7.00. The molecule has 0 rings (SSSR count). The minimum atomic E-state index is -0.639. The third-order valence-electron chi connectivity index (χ3n) is 0. The number of halogens is 2. The molecule has 0 fully saturated rings. The lowest BCUT2D eigenvalue weighted by Crippen LogP contribution is -1.36. The van der Waals surface area contributed by atoms with Gasteiger partial charge in [0.15, 0.2) is 0 Å². The van der Waals surface area contributed by atoms with Crippen molar-refractivity contribution in [2.45, 2.75) is 0 Å². The summed E-state index contributed by atoms with van der Waals surface area (Å²) in [4.78, 5) is 0. The van der Waals surface area contributed by atoms with Crippen LogP contribution in [0.15, 0.2) is 0 Å². The summed E-state index contributed by atoms with van der Waals surface area (Å²) in [6, 6.07) is 0. The lowest BCUT2D eigenvalue weighted by Gasteiger charge is -1.33. The van der Waals surface area contributed by atoms with Crippen LogP contribution < -0.4 is 0 Å². The van der Waals surface area contributed by atoms with Gasteiger partial charge < -0.3 is 23.2 Å². The van der Waals surface area contributed by atoms with Crippen LogP contribution in [0.4, 0.5) is 0 Å². The fourth-order valence-electron chi connectivity index (χ4n) is 0. The third-order valence-corrected chi connectivity index (χ3v) is 0. The van der Waals surface area contributed by atoms with Gasteiger partial charge >= 0.3 is 18.2 Å². The summed E-state index contributed by atoms with van der Waals surface area (Å²) in [5.41, 5.74) is 0. The van der Waals surface area contributed by atoms with Gasteiger partial charge in [-0.3, -0.25) is 0 Å². The van der Waals surface area contributed by atoms with E-state index in [0.29, 0.717) is 0 Å². The molecular weight excluding hydrogens is 123 g/mol. The van der Waals surface area contributed by atoms with E-state index >= 15 is 0 Å². The quantitative estimate of drug-likeness (QED) is 0.473. The molecule has 0 aromatic carbocycles. The van der Waals surface area contributed by atoms with Crippen molar-refractivity contribution in [1.29, 1.82) is 0 Å². The van der Waals surface area contributed by atoms with Crippen molar-refractivity contribution in [3.05, 3.63) is 0 Å². The normalized spacial score (nSPS) is 3.20. The summed E-state index contributed by atoms with van der Waals surface area (Å²) in [6.45, 7) is 0. The summed E-state index contributed by atoms with van der Waals surface area (Å²) in [6.07, 6.45) is 0. The van der Waals surface area contributed by atoms with Crippen molar-refractivity contribution >= 4 is 36.3 Å². The first-order valence-electron chi connectivity index (χ1n) is 0.982. The molecule has 5 heavy (non-hydrogen) atoms. The molecule has 1 nitrogen and oxygen atoms in total. The highest BCUT2D eigenvalue weighted by Crippen LogP contribution is 1.67. The van der Waals surface area contributed by atoms with E-state index < -0.39 is 18.2 Å². The average Bonchev–Trinajstić information content (AvgIpc) is 1.46. The Kier molecular flexibility index (Phi) is 35.4. The molecule has 0 atom stereocenters. The summed E-state index contributed by atoms with van der Waals surface area (Å²) in [5, 5.41) is 7.00. The Morgan fingerprint density at radius 2 is 1.40 bits per heavy atom. The molecular formula is CH4Cl2MgO. The Labute approximate surface area is 48.5 Å². The second-order valence-electron chi connectivity index (χ2n) is 0.101. The Hall–Kier alpha value is 1.31. The fourth-order valence-corrected chi connectivity index (χ4v) is 0. The number of aliphatic hydroxyl groups excluding tert-OH is 1. The van der Waals surface area contributed by atoms with Gasteiger partial charge in [0.2, 0.25) is 0 Å². The molecule has 0 unspecified atom stereocenters. The highest BCUT2D eigenvalue weighted by Gasteiger charge is 1.64. The Morgan fingerprint density at radius 1 is 1.40 bits per heavy atom. The zero-order valence-corrected chi connectivity index (χ0v) is 5.84. The lowest BCUT2D eigenvalue weighted by atomic mass is 11.8. The molecule has 0 bridgehead atoms. The van der Waals surface area contributed by atoms with Crippen LogP contribution in [0.2, 0.25) is 0 Å². The van der Waals surface area contributed by atoms with Crippen molar-refractivity contribution in [2.75, 3.05) is 7.11 Å². The lowest BCUT2D eigenvalue weighted by molar-refractivity contribution is 0.399. The van der Waals surface area contributed by atoms with E-state index in [2.05, 4.69) is 0 Å². The first kappa shape index (κ1) is 9.58. The van der Waals surface area contributed by atoms with Crippen molar-refractivity contribution < 1.29 is 5.11 Å². The monoisotopic (exact) mass is 126 g/mol. The maximum Gasteiger partial charge on any atom is 0.618 e. The smallest absolute Gasteiger partial charge is 0.400 e. The molecule has 1 N–H and O–H groups in total. The van der Waals surface area contributed by atoms with Crippen LogP contribution >= 0.6 is 18.1 Å². The number of rotatable bonds is 0. The van der Waals surface area contributed by atoms with E-state index in [1.54, 1.807) is 0 Å². The molecule has 0 aromatic rings. The molecule has 4 heteroatoms. The zero-order valence-electron chi connectivity index (χ0n) is 2.91. The van der Waals surface area contributed by atoms with Crippen molar-refractivity contribution in [1.82, 2.24) is 0 Å². The van der Waals surface area contributed by atoms with Gasteiger partial charge in [0.1, 0.15) is 0 Å². The van der Waals surface area contributed by atoms with Crippen molar-refractivity contribution in [3.8, 4) is 0 Å². The van der Waals surface area contributed by atoms with E-state index in [1.807, 2.05) is 0 Å². The van der Waals surface area contributed by atoms with E-state index in [-0.39, 0.29) is 0 Å². The third kappa shape index (κ3) is 34.0. The van der Waals surface area contributed by atoms with Crippen LogP contribution in [0.3, 0.4) is 0 Å². The highest BCUT2D eigenvalue weighted by molar-refractivity contribution is 7.22. The van der Waals surface area contributed by atoms with Gasteiger partial charge in [0, 0.05) is 7.11 Å². The molecule has 0 radical (unpaired) electrons. The molecule has 0 aliphatic rings. The Bertz CT molecular complexity index is 9.61. The van der Waals surface area contributed by atoms with Crippen molar-refractivity contribution in [3.63, 3.8) is 0 Å². The van der Waals surface area contributed by atoms with Gasteiger partial charge in [-0.2, -0.15) is 0 Å². The van der Waals surface area contributed by atoms with E-state index in [4.69, 9.17) is 23.2 Å². The SMILES string of the molecule is CO.[Cl][Mg][Cl]. The molecule has 0 aliphatic carbocycles. The summed E-state index contributed by atoms with van der Waals surface area (Å²) in [5.74, 6) is 0. The summed E-state index contributed by atoms with van der Waals surface area (Å²) >= 11 is -0.639. The van der Waals surface area contributed by atoms with E-state index in [9.17, 15) is 0 Å². The van der Waals surface area contributed by atoms with Crippen molar-refractivity contribution in [2.24, 2.45) is 0 Å². The topological polar surface area (TPSA) is 20.2 Å². The molecule has 0 heterocycles. The first-order chi connectivity index (χ1) is 2.41. The number of hydrogen-bond acceptors (Lipinski definition) is 1. The standard InChI is InChI=1S/CH4O.2ClH.Mg/c1-2;;;/h2H,1H3;2*1H;/q;;;+2/p-2. The van der Waals surface area contributed by atoms with E-state index in [0.717, 1.165) is 7.11 Å². The van der Waals surface area contributed by atoms with Gasteiger partial charge in [-0.15, -0.1) is 0 Å². The zero-order chi connectivity index (χ0) is 4.71. The largest absolute Gasteiger partial charge is 0.618 e. The van der Waals surface area contributed by atoms with Crippen LogP contribution in [-0.4, -0.2) is 30.4 Å². The van der Waals surface area contributed by atoms with Gasteiger partial charge in [-0.25, -0.2) is 0 Å². The molecule has 0 saturated heterocycles. The van der Waals surface area contributed by atoms with E-state index in [1.165, 1.54) is 0 Å². The summed E-state index contributed by atoms with van der Waals surface area (Å²) < 4.78 is 0. The van der Waals surface area contributed by atoms with Crippen LogP contribution in [0.1, 0.15) is 0 Å². The van der Waals surface area contributed by atoms with Crippen LogP contribution in [0.5, 0.6) is 0 Å². The molecule has 0 aromatic heterocycles. The van der Waals surface area contributed by atoms with Crippen LogP contribution in [0, 0.1) is 0 Å². The van der Waals surface area contributed by atoms with Gasteiger partial charge in [-0.05, 0) is 0 Å². The second-order valence-corrected chi connectivity index (χ2v) is 2.73. The predicted molar refractivity (Wildman–Crippen MR) is 25.6 cm³/mol. The van der Waals surface area contributed by atoms with Gasteiger partial charge in [-0.1, -0.05) is 0 Å². The highest BCUT2D eigenvalue weighted by atomic mass is 35.6. The number of hydrogen-bond donors (Lipinski definition) is 1. The molecule has 0 aliphatic heterocycles. The minimum absolute atomic E-state index is 0.639. The van der Waals surface area contributed by atoms with Gasteiger partial charge in [0.05, 0.1) is 0 Å². The van der Waals surface area contributed by atoms with Crippen LogP contribution in [0.25, 0.3) is 0 Å². The Morgan fingerprint density at radius 3 is 1.40 bits per heavy atom. The van der Waals surface area contributed by atoms with Gasteiger partial charge in [0.25, 0.3) is 0 Å². The number of aliphatic hydroxyl groups is 1. The molecule has 0 amide bonds. The molecule has 0 spiro atoms. The summed E-state index contributed by atoms with van der Waals surface area (Å²) in [7, 11) is 10.8.